The van der Waals surface area contributed by atoms with Crippen LogP contribution in [0.5, 0.6) is 11.5 Å². The Balaban J connectivity index is 1.95. The van der Waals surface area contributed by atoms with Crippen LogP contribution in [0.15, 0.2) is 47.4 Å². The zero-order chi connectivity index (χ0) is 28.6. The fourth-order valence-electron chi connectivity index (χ4n) is 4.43. The van der Waals surface area contributed by atoms with Gasteiger partial charge in [-0.2, -0.15) is 0 Å². The van der Waals surface area contributed by atoms with E-state index in [0.717, 1.165) is 0 Å². The molecule has 0 saturated carbocycles. The molecule has 39 heavy (non-hydrogen) atoms. The average molecular weight is 542 g/mol. The molecule has 0 fully saturated rings. The fraction of sp³-hybridized carbons (Fsp3) is 0.310. The van der Waals surface area contributed by atoms with Gasteiger partial charge in [0.25, 0.3) is 11.5 Å². The lowest BCUT2D eigenvalue weighted by molar-refractivity contribution is 0.0786. The van der Waals surface area contributed by atoms with Gasteiger partial charge in [0, 0.05) is 24.4 Å². The van der Waals surface area contributed by atoms with E-state index in [-0.39, 0.29) is 11.1 Å². The van der Waals surface area contributed by atoms with E-state index in [1.165, 1.54) is 22.8 Å². The number of aryl methyl sites for hydroxylation is 3. The standard InChI is InChI=1S/C29H30F3N3O4/c1-15-8-18(32)9-16(2)26(15)39-24-7-6-17(29(3,4)38)10-20(24)22-14-35(5)28(37)21-11-23(34-25(21)22)27(36)33-19(12-30)13-31/h6-11,14,19,34,38H,12-13H2,1-5H3,(H,33,36). The highest BCUT2D eigenvalue weighted by Gasteiger charge is 2.24. The van der Waals surface area contributed by atoms with Crippen LogP contribution >= 0.6 is 0 Å². The van der Waals surface area contributed by atoms with E-state index in [4.69, 9.17) is 4.74 Å². The quantitative estimate of drug-likeness (QED) is 0.280. The van der Waals surface area contributed by atoms with Crippen LogP contribution in [0.3, 0.4) is 0 Å². The predicted molar refractivity (Wildman–Crippen MR) is 143 cm³/mol. The molecule has 2 aromatic heterocycles. The molecule has 0 aliphatic carbocycles. The fourth-order valence-corrected chi connectivity index (χ4v) is 4.43. The van der Waals surface area contributed by atoms with Gasteiger partial charge in [0.1, 0.15) is 36.4 Å². The molecule has 0 spiro atoms. The first kappa shape index (κ1) is 28.0. The minimum absolute atomic E-state index is 0.0483. The number of H-pyrrole nitrogens is 1. The van der Waals surface area contributed by atoms with Gasteiger partial charge in [-0.15, -0.1) is 0 Å². The van der Waals surface area contributed by atoms with Crippen LogP contribution in [0.25, 0.3) is 22.0 Å². The molecule has 3 N–H and O–H groups in total. The molecule has 0 aliphatic rings. The molecule has 4 rings (SSSR count). The summed E-state index contributed by atoms with van der Waals surface area (Å²) >= 11 is 0. The van der Waals surface area contributed by atoms with E-state index in [9.17, 15) is 27.9 Å². The number of hydrogen-bond donors (Lipinski definition) is 3. The summed E-state index contributed by atoms with van der Waals surface area (Å²) in [5, 5.41) is 13.2. The third-order valence-electron chi connectivity index (χ3n) is 6.53. The number of aliphatic hydroxyl groups is 1. The molecule has 0 radical (unpaired) electrons. The van der Waals surface area contributed by atoms with Crippen LogP contribution in [0, 0.1) is 19.7 Å². The van der Waals surface area contributed by atoms with Crippen LogP contribution in [0.1, 0.15) is 41.0 Å². The summed E-state index contributed by atoms with van der Waals surface area (Å²) < 4.78 is 47.6. The Labute approximate surface area is 223 Å². The molecule has 0 aliphatic heterocycles. The highest BCUT2D eigenvalue weighted by molar-refractivity contribution is 6.02. The number of amides is 1. The van der Waals surface area contributed by atoms with Crippen molar-refractivity contribution in [2.24, 2.45) is 7.05 Å². The number of aromatic nitrogens is 2. The molecule has 0 saturated heterocycles. The Hall–Kier alpha value is -4.05. The third kappa shape index (κ3) is 5.56. The first-order valence-corrected chi connectivity index (χ1v) is 12.3. The van der Waals surface area contributed by atoms with Gasteiger partial charge in [0.2, 0.25) is 0 Å². The zero-order valence-corrected chi connectivity index (χ0v) is 22.3. The Bertz CT molecular complexity index is 1590. The monoisotopic (exact) mass is 541 g/mol. The van der Waals surface area contributed by atoms with Crippen molar-refractivity contribution in [1.82, 2.24) is 14.9 Å². The van der Waals surface area contributed by atoms with E-state index in [1.54, 1.807) is 59.1 Å². The number of carbonyl (C=O) groups excluding carboxylic acids is 1. The van der Waals surface area contributed by atoms with Crippen LogP contribution < -0.4 is 15.6 Å². The molecule has 4 aromatic rings. The number of nitrogens with one attached hydrogen (secondary N) is 2. The van der Waals surface area contributed by atoms with Crippen molar-refractivity contribution < 1.29 is 27.8 Å². The lowest BCUT2D eigenvalue weighted by atomic mass is 9.93. The van der Waals surface area contributed by atoms with Crippen molar-refractivity contribution in [3.05, 3.63) is 81.2 Å². The summed E-state index contributed by atoms with van der Waals surface area (Å²) in [7, 11) is 1.55. The molecule has 7 nitrogen and oxygen atoms in total. The first-order chi connectivity index (χ1) is 18.3. The van der Waals surface area contributed by atoms with Gasteiger partial charge in [-0.1, -0.05) is 6.07 Å². The largest absolute Gasteiger partial charge is 0.456 e. The van der Waals surface area contributed by atoms with Crippen molar-refractivity contribution >= 4 is 16.8 Å². The highest BCUT2D eigenvalue weighted by Crippen LogP contribution is 2.40. The number of nitrogens with zero attached hydrogens (tertiary/aromatic N) is 1. The Kier molecular flexibility index (Phi) is 7.61. The number of alkyl halides is 2. The van der Waals surface area contributed by atoms with Gasteiger partial charge in [0.15, 0.2) is 0 Å². The number of fused-ring (bicyclic) bond motifs is 1. The summed E-state index contributed by atoms with van der Waals surface area (Å²) in [5.74, 6) is -0.352. The predicted octanol–water partition coefficient (Wildman–Crippen LogP) is 5.35. The van der Waals surface area contributed by atoms with Crippen molar-refractivity contribution in [3.63, 3.8) is 0 Å². The maximum absolute atomic E-state index is 13.9. The Morgan fingerprint density at radius 2 is 1.74 bits per heavy atom. The van der Waals surface area contributed by atoms with E-state index in [2.05, 4.69) is 10.3 Å². The number of halogens is 3. The van der Waals surface area contributed by atoms with Gasteiger partial charge in [0.05, 0.1) is 22.5 Å². The maximum Gasteiger partial charge on any atom is 0.268 e. The Morgan fingerprint density at radius 3 is 2.33 bits per heavy atom. The molecule has 0 unspecified atom stereocenters. The topological polar surface area (TPSA) is 96.3 Å². The lowest BCUT2D eigenvalue weighted by Gasteiger charge is -2.22. The number of hydrogen-bond acceptors (Lipinski definition) is 4. The molecule has 10 heteroatoms. The normalized spacial score (nSPS) is 11.8. The van der Waals surface area contributed by atoms with Crippen molar-refractivity contribution in [2.45, 2.75) is 39.3 Å². The van der Waals surface area contributed by atoms with Gasteiger partial charge in [-0.25, -0.2) is 13.2 Å². The number of benzene rings is 2. The van der Waals surface area contributed by atoms with Crippen LogP contribution in [-0.2, 0) is 12.6 Å². The molecule has 206 valence electrons. The maximum atomic E-state index is 13.9. The van der Waals surface area contributed by atoms with Crippen molar-refractivity contribution in [1.29, 1.82) is 0 Å². The van der Waals surface area contributed by atoms with Crippen LogP contribution in [-0.4, -0.2) is 40.0 Å². The van der Waals surface area contributed by atoms with Gasteiger partial charge < -0.3 is 24.7 Å². The highest BCUT2D eigenvalue weighted by atomic mass is 19.1. The van der Waals surface area contributed by atoms with E-state index in [1.807, 2.05) is 0 Å². The number of rotatable bonds is 8. The van der Waals surface area contributed by atoms with Gasteiger partial charge in [-0.05, 0) is 74.7 Å². The Morgan fingerprint density at radius 1 is 1.10 bits per heavy atom. The summed E-state index contributed by atoms with van der Waals surface area (Å²) in [6, 6.07) is 7.83. The van der Waals surface area contributed by atoms with Crippen molar-refractivity contribution in [3.8, 4) is 22.6 Å². The summed E-state index contributed by atoms with van der Waals surface area (Å²) in [6.07, 6.45) is 1.56. The van der Waals surface area contributed by atoms with E-state index >= 15 is 0 Å². The second-order valence-corrected chi connectivity index (χ2v) is 10.2. The van der Waals surface area contributed by atoms with Crippen molar-refractivity contribution in [2.75, 3.05) is 13.3 Å². The number of pyridine rings is 1. The first-order valence-electron chi connectivity index (χ1n) is 12.3. The zero-order valence-electron chi connectivity index (χ0n) is 22.3. The SMILES string of the molecule is Cc1cc(F)cc(C)c1Oc1ccc(C(C)(C)O)cc1-c1cn(C)c(=O)c2cc(C(=O)NC(CF)CF)[nH]c12. The number of carbonyl (C=O) groups is 1. The average Bonchev–Trinajstić information content (AvgIpc) is 3.32. The second-order valence-electron chi connectivity index (χ2n) is 10.2. The minimum atomic E-state index is -1.31. The smallest absolute Gasteiger partial charge is 0.268 e. The third-order valence-corrected chi connectivity index (χ3v) is 6.53. The van der Waals surface area contributed by atoms with Gasteiger partial charge >= 0.3 is 0 Å². The lowest BCUT2D eigenvalue weighted by Crippen LogP contribution is -2.38. The molecule has 1 amide bonds. The summed E-state index contributed by atoms with van der Waals surface area (Å²) in [4.78, 5) is 28.6. The number of ether oxygens (including phenoxy) is 1. The summed E-state index contributed by atoms with van der Waals surface area (Å²) in [5.41, 5.74) is 1.28. The van der Waals surface area contributed by atoms with Gasteiger partial charge in [-0.3, -0.25) is 9.59 Å². The van der Waals surface area contributed by atoms with Crippen LogP contribution in [0.2, 0.25) is 0 Å². The molecule has 2 heterocycles. The molecular formula is C29H30F3N3O4. The van der Waals surface area contributed by atoms with E-state index in [0.29, 0.717) is 44.8 Å². The molecule has 0 atom stereocenters. The van der Waals surface area contributed by atoms with E-state index < -0.39 is 42.3 Å². The molecule has 2 aromatic carbocycles. The summed E-state index contributed by atoms with van der Waals surface area (Å²) in [6.45, 7) is 4.53. The number of aromatic amines is 1. The van der Waals surface area contributed by atoms with Crippen LogP contribution in [0.4, 0.5) is 13.2 Å². The second kappa shape index (κ2) is 10.6. The minimum Gasteiger partial charge on any atom is -0.456 e. The molecule has 0 bridgehead atoms. The molecular weight excluding hydrogens is 511 g/mol.